The van der Waals surface area contributed by atoms with Crippen LogP contribution >= 0.6 is 0 Å². The number of imidazole rings is 1. The van der Waals surface area contributed by atoms with E-state index in [1.54, 1.807) is 24.3 Å². The first-order chi connectivity index (χ1) is 14.9. The summed E-state index contributed by atoms with van der Waals surface area (Å²) in [7, 11) is -3.75. The molecule has 0 radical (unpaired) electrons. The highest BCUT2D eigenvalue weighted by Gasteiger charge is 2.20. The van der Waals surface area contributed by atoms with Gasteiger partial charge in [0.25, 0.3) is 10.0 Å². The van der Waals surface area contributed by atoms with Crippen molar-refractivity contribution in [3.63, 3.8) is 0 Å². The Morgan fingerprint density at radius 3 is 2.65 bits per heavy atom. The predicted octanol–water partition coefficient (Wildman–Crippen LogP) is 4.00. The van der Waals surface area contributed by atoms with Gasteiger partial charge < -0.3 is 9.72 Å². The molecule has 0 atom stereocenters. The number of carbonyl (C=O) groups excluding carboxylic acids is 1. The van der Waals surface area contributed by atoms with E-state index in [0.717, 1.165) is 28.0 Å². The molecule has 1 aliphatic heterocycles. The predicted molar refractivity (Wildman–Crippen MR) is 120 cm³/mol. The van der Waals surface area contributed by atoms with Gasteiger partial charge in [0, 0.05) is 35.8 Å². The number of rotatable bonds is 4. The number of fused-ring (bicyclic) bond motifs is 2. The van der Waals surface area contributed by atoms with Crippen molar-refractivity contribution in [3.05, 3.63) is 78.1 Å². The third kappa shape index (κ3) is 3.77. The van der Waals surface area contributed by atoms with Crippen molar-refractivity contribution in [1.82, 2.24) is 9.38 Å². The third-order valence-corrected chi connectivity index (χ3v) is 6.71. The molecule has 0 aliphatic carbocycles. The summed E-state index contributed by atoms with van der Waals surface area (Å²) in [6.07, 6.45) is 4.79. The van der Waals surface area contributed by atoms with E-state index in [1.807, 2.05) is 48.0 Å². The number of carbonyl (C=O) groups is 1. The van der Waals surface area contributed by atoms with Crippen molar-refractivity contribution >= 4 is 33.0 Å². The Kier molecular flexibility index (Phi) is 4.51. The molecule has 31 heavy (non-hydrogen) atoms. The Morgan fingerprint density at radius 1 is 1.03 bits per heavy atom. The number of sulfonamides is 1. The Balaban J connectivity index is 1.38. The molecule has 0 unspecified atom stereocenters. The quantitative estimate of drug-likeness (QED) is 0.510. The smallest absolute Gasteiger partial charge is 0.261 e. The van der Waals surface area contributed by atoms with Crippen LogP contribution in [0.15, 0.2) is 71.9 Å². The summed E-state index contributed by atoms with van der Waals surface area (Å²) < 4.78 is 30.3. The van der Waals surface area contributed by atoms with Crippen LogP contribution in [0.5, 0.6) is 0 Å². The molecule has 0 fully saturated rings. The number of benzene rings is 2. The standard InChI is InChI=1S/C23H20N4O3S/c1-15-10-11-27-14-21(24-22(27)12-15)16-2-5-18(6-3-16)26-31(29,30)19-7-8-20-17(13-19)4-9-23(28)25-20/h2-3,5-8,10-14,26H,4,9H2,1H3,(H,25,28). The van der Waals surface area contributed by atoms with Gasteiger partial charge in [-0.2, -0.15) is 0 Å². The molecule has 4 aromatic rings. The number of anilines is 2. The molecular weight excluding hydrogens is 412 g/mol. The molecule has 2 aromatic carbocycles. The molecule has 2 N–H and O–H groups in total. The number of aromatic nitrogens is 2. The average Bonchev–Trinajstić information content (AvgIpc) is 3.16. The lowest BCUT2D eigenvalue weighted by atomic mass is 10.0. The zero-order valence-corrected chi connectivity index (χ0v) is 17.6. The van der Waals surface area contributed by atoms with Crippen LogP contribution in [-0.2, 0) is 21.2 Å². The fourth-order valence-electron chi connectivity index (χ4n) is 3.67. The number of amides is 1. The summed E-state index contributed by atoms with van der Waals surface area (Å²) in [6, 6.07) is 15.9. The lowest BCUT2D eigenvalue weighted by Gasteiger charge is -2.18. The maximum Gasteiger partial charge on any atom is 0.261 e. The highest BCUT2D eigenvalue weighted by molar-refractivity contribution is 7.92. The van der Waals surface area contributed by atoms with Crippen LogP contribution < -0.4 is 10.0 Å². The van der Waals surface area contributed by atoms with E-state index in [-0.39, 0.29) is 10.8 Å². The zero-order valence-electron chi connectivity index (χ0n) is 16.8. The molecule has 1 amide bonds. The van der Waals surface area contributed by atoms with Gasteiger partial charge in [-0.3, -0.25) is 9.52 Å². The van der Waals surface area contributed by atoms with Crippen LogP contribution in [0.1, 0.15) is 17.5 Å². The van der Waals surface area contributed by atoms with Crippen LogP contribution in [0.2, 0.25) is 0 Å². The number of hydrogen-bond acceptors (Lipinski definition) is 4. The molecule has 3 heterocycles. The van der Waals surface area contributed by atoms with Gasteiger partial charge in [-0.25, -0.2) is 13.4 Å². The Labute approximate surface area is 179 Å². The minimum atomic E-state index is -3.75. The van der Waals surface area contributed by atoms with E-state index in [2.05, 4.69) is 15.0 Å². The van der Waals surface area contributed by atoms with Gasteiger partial charge >= 0.3 is 0 Å². The first-order valence-electron chi connectivity index (χ1n) is 9.89. The summed E-state index contributed by atoms with van der Waals surface area (Å²) in [5.41, 5.74) is 5.67. The Bertz CT molecular complexity index is 1420. The Morgan fingerprint density at radius 2 is 1.84 bits per heavy atom. The monoisotopic (exact) mass is 432 g/mol. The molecule has 0 saturated heterocycles. The van der Waals surface area contributed by atoms with Crippen LogP contribution in [-0.4, -0.2) is 23.7 Å². The van der Waals surface area contributed by atoms with E-state index < -0.39 is 10.0 Å². The first-order valence-corrected chi connectivity index (χ1v) is 11.4. The lowest BCUT2D eigenvalue weighted by Crippen LogP contribution is -2.20. The van der Waals surface area contributed by atoms with Crippen LogP contribution in [0, 0.1) is 6.92 Å². The van der Waals surface area contributed by atoms with Gasteiger partial charge in [-0.05, 0) is 66.9 Å². The fourth-order valence-corrected chi connectivity index (χ4v) is 4.78. The van der Waals surface area contributed by atoms with E-state index >= 15 is 0 Å². The SMILES string of the molecule is Cc1ccn2cc(-c3ccc(NS(=O)(=O)c4ccc5c(c4)CCC(=O)N5)cc3)nc2c1. The summed E-state index contributed by atoms with van der Waals surface area (Å²) in [5.74, 6) is -0.0536. The topological polar surface area (TPSA) is 92.6 Å². The van der Waals surface area contributed by atoms with E-state index in [4.69, 9.17) is 0 Å². The molecule has 0 bridgehead atoms. The van der Waals surface area contributed by atoms with Gasteiger partial charge in [0.15, 0.2) is 0 Å². The average molecular weight is 433 g/mol. The molecule has 156 valence electrons. The molecule has 7 nitrogen and oxygen atoms in total. The van der Waals surface area contributed by atoms with Gasteiger partial charge in [-0.15, -0.1) is 0 Å². The molecule has 0 spiro atoms. The van der Waals surface area contributed by atoms with Gasteiger partial charge in [0.2, 0.25) is 5.91 Å². The minimum absolute atomic E-state index is 0.0536. The Hall–Kier alpha value is -3.65. The first kappa shape index (κ1) is 19.3. The van der Waals surface area contributed by atoms with Crippen LogP contribution in [0.3, 0.4) is 0 Å². The van der Waals surface area contributed by atoms with Gasteiger partial charge in [-0.1, -0.05) is 12.1 Å². The molecule has 0 saturated carbocycles. The number of aryl methyl sites for hydroxylation is 2. The second-order valence-electron chi connectivity index (χ2n) is 7.65. The summed E-state index contributed by atoms with van der Waals surface area (Å²) in [4.78, 5) is 16.3. The second-order valence-corrected chi connectivity index (χ2v) is 9.33. The van der Waals surface area contributed by atoms with Gasteiger partial charge in [0.1, 0.15) is 5.65 Å². The number of hydrogen-bond donors (Lipinski definition) is 2. The number of nitrogens with one attached hydrogen (secondary N) is 2. The second kappa shape index (κ2) is 7.24. The van der Waals surface area contributed by atoms with Crippen molar-refractivity contribution in [2.75, 3.05) is 10.0 Å². The molecule has 5 rings (SSSR count). The molecule has 2 aromatic heterocycles. The fraction of sp³-hybridized carbons (Fsp3) is 0.130. The zero-order chi connectivity index (χ0) is 21.6. The van der Waals surface area contributed by atoms with Crippen molar-refractivity contribution in [2.24, 2.45) is 0 Å². The van der Waals surface area contributed by atoms with Crippen LogP contribution in [0.25, 0.3) is 16.9 Å². The highest BCUT2D eigenvalue weighted by Crippen LogP contribution is 2.27. The largest absolute Gasteiger partial charge is 0.326 e. The highest BCUT2D eigenvalue weighted by atomic mass is 32.2. The minimum Gasteiger partial charge on any atom is -0.326 e. The molecular formula is C23H20N4O3S. The molecule has 1 aliphatic rings. The van der Waals surface area contributed by atoms with Crippen molar-refractivity contribution < 1.29 is 13.2 Å². The van der Waals surface area contributed by atoms with Crippen molar-refractivity contribution in [2.45, 2.75) is 24.7 Å². The summed E-state index contributed by atoms with van der Waals surface area (Å²) in [6.45, 7) is 2.02. The van der Waals surface area contributed by atoms with E-state index in [9.17, 15) is 13.2 Å². The molecule has 8 heteroatoms. The summed E-state index contributed by atoms with van der Waals surface area (Å²) >= 11 is 0. The number of pyridine rings is 1. The van der Waals surface area contributed by atoms with Crippen molar-refractivity contribution in [3.8, 4) is 11.3 Å². The van der Waals surface area contributed by atoms with Gasteiger partial charge in [0.05, 0.1) is 10.6 Å². The van der Waals surface area contributed by atoms with E-state index in [1.165, 1.54) is 6.07 Å². The van der Waals surface area contributed by atoms with Crippen molar-refractivity contribution in [1.29, 1.82) is 0 Å². The maximum atomic E-state index is 12.8. The lowest BCUT2D eigenvalue weighted by molar-refractivity contribution is -0.116. The normalized spacial score (nSPS) is 13.6. The van der Waals surface area contributed by atoms with E-state index in [0.29, 0.717) is 24.2 Å². The van der Waals surface area contributed by atoms with Crippen LogP contribution in [0.4, 0.5) is 11.4 Å². The summed E-state index contributed by atoms with van der Waals surface area (Å²) in [5, 5.41) is 2.76. The third-order valence-electron chi connectivity index (χ3n) is 5.33. The maximum absolute atomic E-state index is 12.8. The number of nitrogens with zero attached hydrogens (tertiary/aromatic N) is 2.